The highest BCUT2D eigenvalue weighted by Crippen LogP contribution is 2.09. The van der Waals surface area contributed by atoms with Crippen molar-refractivity contribution in [1.29, 1.82) is 0 Å². The molecule has 0 saturated heterocycles. The third-order valence-corrected chi connectivity index (χ3v) is 4.48. The Morgan fingerprint density at radius 2 is 2.00 bits per heavy atom. The van der Waals surface area contributed by atoms with E-state index in [4.69, 9.17) is 4.42 Å². The quantitative estimate of drug-likeness (QED) is 0.578. The van der Waals surface area contributed by atoms with E-state index >= 15 is 0 Å². The van der Waals surface area contributed by atoms with Gasteiger partial charge < -0.3 is 4.42 Å². The Kier molecular flexibility index (Phi) is 3.59. The molecule has 0 aliphatic heterocycles. The van der Waals surface area contributed by atoms with Crippen molar-refractivity contribution in [3.63, 3.8) is 0 Å². The van der Waals surface area contributed by atoms with Crippen LogP contribution in [0.4, 0.5) is 0 Å². The lowest BCUT2D eigenvalue weighted by atomic mass is 10.1. The fourth-order valence-electron chi connectivity index (χ4n) is 2.27. The second-order valence-electron chi connectivity index (χ2n) is 5.34. The summed E-state index contributed by atoms with van der Waals surface area (Å²) in [7, 11) is 0. The lowest BCUT2D eigenvalue weighted by Crippen LogP contribution is -2.23. The first-order valence-corrected chi connectivity index (χ1v) is 8.20. The minimum Gasteiger partial charge on any atom is -0.465 e. The molecule has 0 saturated carbocycles. The van der Waals surface area contributed by atoms with Crippen LogP contribution in [-0.2, 0) is 0 Å². The molecule has 0 bridgehead atoms. The van der Waals surface area contributed by atoms with Crippen LogP contribution >= 0.6 is 11.3 Å². The summed E-state index contributed by atoms with van der Waals surface area (Å²) in [6.07, 6.45) is 7.01. The van der Waals surface area contributed by atoms with Crippen LogP contribution in [0.3, 0.4) is 0 Å². The molecule has 24 heavy (non-hydrogen) atoms. The van der Waals surface area contributed by atoms with E-state index in [0.29, 0.717) is 21.1 Å². The molecule has 1 aromatic carbocycles. The third kappa shape index (κ3) is 2.79. The summed E-state index contributed by atoms with van der Waals surface area (Å²) in [5.74, 6) is 1.15. The number of aromatic nitrogens is 3. The number of thiazole rings is 1. The van der Waals surface area contributed by atoms with E-state index in [-0.39, 0.29) is 5.56 Å². The Morgan fingerprint density at radius 1 is 1.17 bits per heavy atom. The van der Waals surface area contributed by atoms with Gasteiger partial charge in [0.2, 0.25) is 4.96 Å². The number of fused-ring (bicyclic) bond motifs is 1. The summed E-state index contributed by atoms with van der Waals surface area (Å²) in [5.41, 5.74) is 2.09. The van der Waals surface area contributed by atoms with Crippen LogP contribution < -0.4 is 10.1 Å². The molecule has 4 rings (SSSR count). The summed E-state index contributed by atoms with van der Waals surface area (Å²) in [5, 5.41) is 4.26. The fraction of sp³-hybridized carbons (Fsp3) is 0.0556. The Hall–Kier alpha value is -2.99. The van der Waals surface area contributed by atoms with Crippen LogP contribution in [0, 0.1) is 6.92 Å². The van der Waals surface area contributed by atoms with Crippen LogP contribution in [0.2, 0.25) is 0 Å². The molecule has 0 atom stereocenters. The van der Waals surface area contributed by atoms with Gasteiger partial charge in [0.25, 0.3) is 5.56 Å². The molecule has 0 aliphatic rings. The molecule has 0 spiro atoms. The number of hydrogen-bond donors (Lipinski definition) is 0. The number of benzene rings is 1. The van der Waals surface area contributed by atoms with Crippen molar-refractivity contribution in [2.24, 2.45) is 0 Å². The van der Waals surface area contributed by atoms with E-state index in [0.717, 1.165) is 5.56 Å². The SMILES string of the molecule is Cc1ccc(/C=C/c2nc3s/c(=C\c4ccco4)c(=O)n3n2)cc1. The molecule has 0 amide bonds. The number of furan rings is 1. The van der Waals surface area contributed by atoms with E-state index < -0.39 is 0 Å². The van der Waals surface area contributed by atoms with E-state index in [1.807, 2.05) is 37.3 Å². The molecule has 4 aromatic rings. The second-order valence-corrected chi connectivity index (χ2v) is 6.35. The Balaban J connectivity index is 1.67. The molecular weight excluding hydrogens is 322 g/mol. The van der Waals surface area contributed by atoms with Crippen LogP contribution in [0.25, 0.3) is 23.2 Å². The van der Waals surface area contributed by atoms with Gasteiger partial charge in [0.15, 0.2) is 5.82 Å². The topological polar surface area (TPSA) is 60.4 Å². The number of hydrogen-bond acceptors (Lipinski definition) is 5. The van der Waals surface area contributed by atoms with Crippen molar-refractivity contribution < 1.29 is 4.42 Å². The zero-order chi connectivity index (χ0) is 16.5. The maximum absolute atomic E-state index is 12.4. The van der Waals surface area contributed by atoms with Crippen molar-refractivity contribution in [1.82, 2.24) is 14.6 Å². The largest absolute Gasteiger partial charge is 0.465 e. The van der Waals surface area contributed by atoms with E-state index in [9.17, 15) is 4.79 Å². The van der Waals surface area contributed by atoms with Gasteiger partial charge in [-0.25, -0.2) is 0 Å². The Labute approximate surface area is 141 Å². The first-order valence-electron chi connectivity index (χ1n) is 7.38. The summed E-state index contributed by atoms with van der Waals surface area (Å²) in [6.45, 7) is 2.05. The molecule has 3 aromatic heterocycles. The Morgan fingerprint density at radius 3 is 2.71 bits per heavy atom. The monoisotopic (exact) mass is 335 g/mol. The third-order valence-electron chi connectivity index (χ3n) is 3.52. The fourth-order valence-corrected chi connectivity index (χ4v) is 3.17. The van der Waals surface area contributed by atoms with E-state index in [2.05, 4.69) is 10.1 Å². The van der Waals surface area contributed by atoms with Gasteiger partial charge in [-0.05, 0) is 30.7 Å². The van der Waals surface area contributed by atoms with E-state index in [1.54, 1.807) is 30.5 Å². The predicted octanol–water partition coefficient (Wildman–Crippen LogP) is 2.77. The smallest absolute Gasteiger partial charge is 0.291 e. The average molecular weight is 335 g/mol. The average Bonchev–Trinajstić information content (AvgIpc) is 3.28. The Bertz CT molecular complexity index is 1120. The van der Waals surface area contributed by atoms with Gasteiger partial charge >= 0.3 is 0 Å². The van der Waals surface area contributed by atoms with Crippen LogP contribution in [0.1, 0.15) is 22.7 Å². The van der Waals surface area contributed by atoms with Crippen LogP contribution in [0.5, 0.6) is 0 Å². The number of rotatable bonds is 3. The summed E-state index contributed by atoms with van der Waals surface area (Å²) in [6, 6.07) is 11.7. The molecule has 6 heteroatoms. The summed E-state index contributed by atoms with van der Waals surface area (Å²) >= 11 is 1.29. The first kappa shape index (κ1) is 14.6. The van der Waals surface area contributed by atoms with Gasteiger partial charge in [0.1, 0.15) is 10.3 Å². The molecule has 0 unspecified atom stereocenters. The second kappa shape index (κ2) is 5.90. The highest BCUT2D eigenvalue weighted by atomic mass is 32.1. The lowest BCUT2D eigenvalue weighted by molar-refractivity contribution is 0.556. The molecule has 3 heterocycles. The first-order chi connectivity index (χ1) is 11.7. The highest BCUT2D eigenvalue weighted by molar-refractivity contribution is 7.15. The molecular formula is C18H13N3O2S. The number of nitrogens with zero attached hydrogens (tertiary/aromatic N) is 3. The minimum atomic E-state index is -0.186. The van der Waals surface area contributed by atoms with Crippen molar-refractivity contribution in [3.8, 4) is 0 Å². The van der Waals surface area contributed by atoms with Crippen molar-refractivity contribution in [3.05, 3.63) is 80.3 Å². The van der Waals surface area contributed by atoms with Gasteiger partial charge in [-0.3, -0.25) is 4.79 Å². The van der Waals surface area contributed by atoms with Crippen molar-refractivity contribution in [2.75, 3.05) is 0 Å². The summed E-state index contributed by atoms with van der Waals surface area (Å²) in [4.78, 5) is 17.3. The number of aryl methyl sites for hydroxylation is 1. The molecule has 0 N–H and O–H groups in total. The van der Waals surface area contributed by atoms with Gasteiger partial charge in [-0.2, -0.15) is 9.50 Å². The van der Waals surface area contributed by atoms with Gasteiger partial charge in [-0.1, -0.05) is 47.2 Å². The zero-order valence-electron chi connectivity index (χ0n) is 12.8. The zero-order valence-corrected chi connectivity index (χ0v) is 13.7. The van der Waals surface area contributed by atoms with E-state index in [1.165, 1.54) is 21.4 Å². The minimum absolute atomic E-state index is 0.186. The normalized spacial score (nSPS) is 12.6. The van der Waals surface area contributed by atoms with Crippen LogP contribution in [-0.4, -0.2) is 14.6 Å². The van der Waals surface area contributed by atoms with Gasteiger partial charge in [0.05, 0.1) is 6.26 Å². The highest BCUT2D eigenvalue weighted by Gasteiger charge is 2.09. The van der Waals surface area contributed by atoms with Gasteiger partial charge in [0, 0.05) is 6.08 Å². The standard InChI is InChI=1S/C18H13N3O2S/c1-12-4-6-13(7-5-12)8-9-16-19-18-21(20-16)17(22)15(24-18)11-14-3-2-10-23-14/h2-11H,1H3/b9-8+,15-11-. The molecule has 0 aliphatic carbocycles. The van der Waals surface area contributed by atoms with Gasteiger partial charge in [-0.15, -0.1) is 5.10 Å². The molecule has 0 radical (unpaired) electrons. The van der Waals surface area contributed by atoms with Crippen molar-refractivity contribution >= 4 is 34.5 Å². The maximum atomic E-state index is 12.4. The predicted molar refractivity (Wildman–Crippen MR) is 94.7 cm³/mol. The van der Waals surface area contributed by atoms with Crippen molar-refractivity contribution in [2.45, 2.75) is 6.92 Å². The van der Waals surface area contributed by atoms with Crippen LogP contribution in [0.15, 0.2) is 51.9 Å². The lowest BCUT2D eigenvalue weighted by Gasteiger charge is -1.93. The molecule has 5 nitrogen and oxygen atoms in total. The molecule has 0 fully saturated rings. The molecule has 118 valence electrons. The maximum Gasteiger partial charge on any atom is 0.291 e. The summed E-state index contributed by atoms with van der Waals surface area (Å²) < 4.78 is 7.11.